The standard InChI is InChI=1S/C11H6ClF6NO2/c1-5-2-3-6(12)4-7(5)19(8(20)10(13,14)15)9(21)11(16,17)18/h2-4H,1H3. The molecule has 116 valence electrons. The lowest BCUT2D eigenvalue weighted by Crippen LogP contribution is -2.50. The first-order chi connectivity index (χ1) is 9.35. The van der Waals surface area contributed by atoms with Crippen molar-refractivity contribution in [2.24, 2.45) is 0 Å². The monoisotopic (exact) mass is 333 g/mol. The SMILES string of the molecule is Cc1ccc(Cl)cc1N(C(=O)C(F)(F)F)C(=O)C(F)(F)F. The van der Waals surface area contributed by atoms with Gasteiger partial charge in [0, 0.05) is 5.02 Å². The van der Waals surface area contributed by atoms with Crippen LogP contribution in [0.4, 0.5) is 32.0 Å². The number of hydrogen-bond donors (Lipinski definition) is 0. The zero-order valence-corrected chi connectivity index (χ0v) is 10.9. The predicted octanol–water partition coefficient (Wildman–Crippen LogP) is 3.63. The van der Waals surface area contributed by atoms with Crippen molar-refractivity contribution < 1.29 is 35.9 Å². The third-order valence-corrected chi connectivity index (χ3v) is 2.54. The Morgan fingerprint density at radius 1 is 1.00 bits per heavy atom. The van der Waals surface area contributed by atoms with Gasteiger partial charge in [0.1, 0.15) is 0 Å². The highest BCUT2D eigenvalue weighted by Crippen LogP contribution is 2.32. The van der Waals surface area contributed by atoms with Crippen LogP contribution in [0.1, 0.15) is 5.56 Å². The van der Waals surface area contributed by atoms with Crippen molar-refractivity contribution in [3.8, 4) is 0 Å². The molecule has 0 N–H and O–H groups in total. The molecule has 21 heavy (non-hydrogen) atoms. The molecule has 0 spiro atoms. The van der Waals surface area contributed by atoms with E-state index < -0.39 is 34.8 Å². The average Bonchev–Trinajstić information content (AvgIpc) is 2.31. The van der Waals surface area contributed by atoms with Crippen molar-refractivity contribution in [3.63, 3.8) is 0 Å². The molecule has 2 amide bonds. The van der Waals surface area contributed by atoms with Gasteiger partial charge in [-0.25, -0.2) is 4.90 Å². The summed E-state index contributed by atoms with van der Waals surface area (Å²) >= 11 is 5.49. The molecule has 1 aromatic rings. The van der Waals surface area contributed by atoms with Crippen LogP contribution in [-0.2, 0) is 9.59 Å². The van der Waals surface area contributed by atoms with Crippen LogP contribution in [0.15, 0.2) is 18.2 Å². The lowest BCUT2D eigenvalue weighted by atomic mass is 10.1. The Kier molecular flexibility index (Phi) is 4.57. The van der Waals surface area contributed by atoms with E-state index in [0.29, 0.717) is 6.07 Å². The number of aryl methyl sites for hydroxylation is 1. The van der Waals surface area contributed by atoms with Crippen LogP contribution in [0, 0.1) is 6.92 Å². The molecule has 1 rings (SSSR count). The Labute approximate surface area is 119 Å². The van der Waals surface area contributed by atoms with Crippen molar-refractivity contribution in [3.05, 3.63) is 28.8 Å². The van der Waals surface area contributed by atoms with Gasteiger partial charge in [0.2, 0.25) is 0 Å². The smallest absolute Gasteiger partial charge is 0.263 e. The maximum Gasteiger partial charge on any atom is 0.472 e. The van der Waals surface area contributed by atoms with E-state index in [1.54, 1.807) is 0 Å². The second-order valence-corrected chi connectivity index (χ2v) is 4.31. The molecule has 0 aromatic heterocycles. The summed E-state index contributed by atoms with van der Waals surface area (Å²) in [5.41, 5.74) is -1.04. The van der Waals surface area contributed by atoms with Gasteiger partial charge in [0.05, 0.1) is 5.69 Å². The van der Waals surface area contributed by atoms with E-state index in [1.807, 2.05) is 0 Å². The van der Waals surface area contributed by atoms with Crippen LogP contribution in [-0.4, -0.2) is 24.2 Å². The van der Waals surface area contributed by atoms with E-state index in [9.17, 15) is 35.9 Å². The Morgan fingerprint density at radius 3 is 1.81 bits per heavy atom. The highest BCUT2D eigenvalue weighted by molar-refractivity contribution is 6.31. The first kappa shape index (κ1) is 17.3. The molecule has 10 heteroatoms. The maximum absolute atomic E-state index is 12.4. The van der Waals surface area contributed by atoms with Crippen LogP contribution < -0.4 is 4.90 Å². The summed E-state index contributed by atoms with van der Waals surface area (Å²) < 4.78 is 74.5. The molecular formula is C11H6ClF6NO2. The van der Waals surface area contributed by atoms with Gasteiger partial charge >= 0.3 is 24.2 Å². The van der Waals surface area contributed by atoms with Crippen molar-refractivity contribution in [2.75, 3.05) is 4.90 Å². The Morgan fingerprint density at radius 2 is 1.43 bits per heavy atom. The van der Waals surface area contributed by atoms with Gasteiger partial charge in [-0.15, -0.1) is 0 Å². The Balaban J connectivity index is 3.49. The molecule has 0 aliphatic rings. The molecule has 3 nitrogen and oxygen atoms in total. The zero-order valence-electron chi connectivity index (χ0n) is 10.1. The van der Waals surface area contributed by atoms with Crippen molar-refractivity contribution >= 4 is 29.1 Å². The summed E-state index contributed by atoms with van der Waals surface area (Å²) in [6.07, 6.45) is -11.3. The van der Waals surface area contributed by atoms with Crippen molar-refractivity contribution in [1.29, 1.82) is 0 Å². The number of imide groups is 1. The fourth-order valence-corrected chi connectivity index (χ4v) is 1.55. The van der Waals surface area contributed by atoms with E-state index >= 15 is 0 Å². The summed E-state index contributed by atoms with van der Waals surface area (Å²) in [6, 6.07) is 2.94. The molecule has 0 heterocycles. The molecule has 0 fully saturated rings. The number of benzene rings is 1. The van der Waals surface area contributed by atoms with Crippen molar-refractivity contribution in [2.45, 2.75) is 19.3 Å². The van der Waals surface area contributed by atoms with Crippen LogP contribution >= 0.6 is 11.6 Å². The van der Waals surface area contributed by atoms with E-state index in [4.69, 9.17) is 11.6 Å². The third-order valence-electron chi connectivity index (χ3n) is 2.30. The number of amides is 2. The minimum Gasteiger partial charge on any atom is -0.263 e. The number of nitrogens with zero attached hydrogens (tertiary/aromatic N) is 1. The molecule has 0 radical (unpaired) electrons. The lowest BCUT2D eigenvalue weighted by molar-refractivity contribution is -0.181. The number of hydrogen-bond acceptors (Lipinski definition) is 2. The van der Waals surface area contributed by atoms with Crippen molar-refractivity contribution in [1.82, 2.24) is 0 Å². The largest absolute Gasteiger partial charge is 0.472 e. The molecular weight excluding hydrogens is 328 g/mol. The quantitative estimate of drug-likeness (QED) is 0.736. The molecule has 1 aromatic carbocycles. The highest BCUT2D eigenvalue weighted by atomic mass is 35.5. The topological polar surface area (TPSA) is 37.4 Å². The summed E-state index contributed by atoms with van der Waals surface area (Å²) in [7, 11) is 0. The highest BCUT2D eigenvalue weighted by Gasteiger charge is 2.53. The Bertz CT molecular complexity index is 555. The first-order valence-electron chi connectivity index (χ1n) is 5.14. The van der Waals surface area contributed by atoms with Crippen LogP contribution in [0.2, 0.25) is 5.02 Å². The fraction of sp³-hybridized carbons (Fsp3) is 0.273. The van der Waals surface area contributed by atoms with E-state index in [-0.39, 0.29) is 10.6 Å². The molecule has 0 bridgehead atoms. The van der Waals surface area contributed by atoms with Gasteiger partial charge in [-0.2, -0.15) is 26.3 Å². The maximum atomic E-state index is 12.4. The molecule has 0 aliphatic carbocycles. The van der Waals surface area contributed by atoms with Gasteiger partial charge in [-0.1, -0.05) is 17.7 Å². The second kappa shape index (κ2) is 5.55. The minimum atomic E-state index is -5.66. The zero-order chi connectivity index (χ0) is 16.6. The molecule has 0 atom stereocenters. The molecule has 0 saturated carbocycles. The van der Waals surface area contributed by atoms with Crippen LogP contribution in [0.25, 0.3) is 0 Å². The average molecular weight is 334 g/mol. The van der Waals surface area contributed by atoms with Gasteiger partial charge in [0.15, 0.2) is 0 Å². The number of rotatable bonds is 1. The van der Waals surface area contributed by atoms with Gasteiger partial charge in [-0.3, -0.25) is 9.59 Å². The normalized spacial score (nSPS) is 12.2. The van der Waals surface area contributed by atoms with Gasteiger partial charge in [-0.05, 0) is 24.6 Å². The summed E-state index contributed by atoms with van der Waals surface area (Å²) in [4.78, 5) is 21.3. The molecule has 0 saturated heterocycles. The minimum absolute atomic E-state index is 0.158. The third kappa shape index (κ3) is 3.87. The number of carbonyl (C=O) groups excluding carboxylic acids is 2. The fourth-order valence-electron chi connectivity index (χ4n) is 1.39. The Hall–Kier alpha value is -1.77. The summed E-state index contributed by atoms with van der Waals surface area (Å²) in [6.45, 7) is 1.13. The van der Waals surface area contributed by atoms with E-state index in [0.717, 1.165) is 13.0 Å². The van der Waals surface area contributed by atoms with Crippen LogP contribution in [0.5, 0.6) is 0 Å². The molecule has 0 aliphatic heterocycles. The first-order valence-corrected chi connectivity index (χ1v) is 5.52. The summed E-state index contributed by atoms with van der Waals surface area (Å²) in [5, 5.41) is -0.231. The predicted molar refractivity (Wildman–Crippen MR) is 60.8 cm³/mol. The van der Waals surface area contributed by atoms with E-state index in [2.05, 4.69) is 0 Å². The summed E-state index contributed by atoms with van der Waals surface area (Å²) in [5.74, 6) is -5.90. The lowest BCUT2D eigenvalue weighted by Gasteiger charge is -2.24. The van der Waals surface area contributed by atoms with E-state index in [1.165, 1.54) is 6.07 Å². The van der Waals surface area contributed by atoms with Gasteiger partial charge < -0.3 is 0 Å². The number of alkyl halides is 6. The molecule has 0 unspecified atom stereocenters. The second-order valence-electron chi connectivity index (χ2n) is 3.87. The number of carbonyl (C=O) groups is 2. The van der Waals surface area contributed by atoms with Gasteiger partial charge in [0.25, 0.3) is 0 Å². The number of anilines is 1. The van der Waals surface area contributed by atoms with Crippen LogP contribution in [0.3, 0.4) is 0 Å². The number of halogens is 7.